The highest BCUT2D eigenvalue weighted by atomic mass is 16.5. The molecule has 2 aromatic rings. The Morgan fingerprint density at radius 2 is 1.86 bits per heavy atom. The van der Waals surface area contributed by atoms with Crippen LogP contribution >= 0.6 is 0 Å². The highest BCUT2D eigenvalue weighted by Gasteiger charge is 2.15. The van der Waals surface area contributed by atoms with Crippen molar-refractivity contribution in [1.29, 1.82) is 0 Å². The fourth-order valence-electron chi connectivity index (χ4n) is 2.42. The van der Waals surface area contributed by atoms with Crippen LogP contribution in [0, 0.1) is 0 Å². The van der Waals surface area contributed by atoms with Gasteiger partial charge in [0, 0.05) is 23.5 Å². The zero-order valence-corrected chi connectivity index (χ0v) is 13.0. The van der Waals surface area contributed by atoms with E-state index in [4.69, 9.17) is 4.74 Å². The summed E-state index contributed by atoms with van der Waals surface area (Å²) in [6.07, 6.45) is 3.97. The molecule has 1 heterocycles. The van der Waals surface area contributed by atoms with Crippen molar-refractivity contribution in [3.63, 3.8) is 0 Å². The molecule has 0 aliphatic heterocycles. The summed E-state index contributed by atoms with van der Waals surface area (Å²) in [5.74, 6) is 0.966. The second-order valence-electron chi connectivity index (χ2n) is 5.41. The van der Waals surface area contributed by atoms with Crippen molar-refractivity contribution in [2.24, 2.45) is 0 Å². The van der Waals surface area contributed by atoms with Crippen LogP contribution in [0.1, 0.15) is 37.6 Å². The SMILES string of the molecule is CNC(CCc1ccccn1)c1ccccc1OC(C)C. The van der Waals surface area contributed by atoms with Gasteiger partial charge in [0.2, 0.25) is 0 Å². The van der Waals surface area contributed by atoms with E-state index >= 15 is 0 Å². The van der Waals surface area contributed by atoms with Crippen LogP contribution in [-0.2, 0) is 6.42 Å². The van der Waals surface area contributed by atoms with Gasteiger partial charge >= 0.3 is 0 Å². The summed E-state index contributed by atoms with van der Waals surface area (Å²) in [6.45, 7) is 4.11. The second-order valence-corrected chi connectivity index (χ2v) is 5.41. The van der Waals surface area contributed by atoms with Crippen LogP contribution in [0.25, 0.3) is 0 Å². The first kappa shape index (κ1) is 15.5. The summed E-state index contributed by atoms with van der Waals surface area (Å²) < 4.78 is 5.92. The lowest BCUT2D eigenvalue weighted by Gasteiger charge is -2.21. The molecule has 0 saturated heterocycles. The number of pyridine rings is 1. The standard InChI is InChI=1S/C18H24N2O/c1-14(2)21-18-10-5-4-9-16(18)17(19-3)12-11-15-8-6-7-13-20-15/h4-10,13-14,17,19H,11-12H2,1-3H3. The van der Waals surface area contributed by atoms with Gasteiger partial charge < -0.3 is 10.1 Å². The molecule has 1 atom stereocenters. The van der Waals surface area contributed by atoms with E-state index in [0.717, 1.165) is 24.3 Å². The van der Waals surface area contributed by atoms with Gasteiger partial charge in [-0.2, -0.15) is 0 Å². The highest BCUT2D eigenvalue weighted by molar-refractivity contribution is 5.36. The largest absolute Gasteiger partial charge is 0.491 e. The molecule has 0 fully saturated rings. The number of ether oxygens (including phenoxy) is 1. The summed E-state index contributed by atoms with van der Waals surface area (Å²) in [5, 5.41) is 3.39. The van der Waals surface area contributed by atoms with Gasteiger partial charge in [0.1, 0.15) is 5.75 Å². The molecular weight excluding hydrogens is 260 g/mol. The number of nitrogens with one attached hydrogen (secondary N) is 1. The highest BCUT2D eigenvalue weighted by Crippen LogP contribution is 2.28. The van der Waals surface area contributed by atoms with Crippen molar-refractivity contribution in [3.8, 4) is 5.75 Å². The third-order valence-corrected chi connectivity index (χ3v) is 3.42. The fraction of sp³-hybridized carbons (Fsp3) is 0.389. The Kier molecular flexibility index (Phi) is 5.76. The van der Waals surface area contributed by atoms with E-state index in [0.29, 0.717) is 0 Å². The molecule has 21 heavy (non-hydrogen) atoms. The second kappa shape index (κ2) is 7.79. The summed E-state index contributed by atoms with van der Waals surface area (Å²) in [5.41, 5.74) is 2.34. The molecule has 1 aromatic heterocycles. The summed E-state index contributed by atoms with van der Waals surface area (Å²) >= 11 is 0. The van der Waals surface area contributed by atoms with E-state index in [1.165, 1.54) is 5.56 Å². The van der Waals surface area contributed by atoms with E-state index < -0.39 is 0 Å². The van der Waals surface area contributed by atoms with Crippen LogP contribution in [0.15, 0.2) is 48.7 Å². The molecular formula is C18H24N2O. The van der Waals surface area contributed by atoms with E-state index in [2.05, 4.69) is 42.3 Å². The molecule has 1 aromatic carbocycles. The number of aromatic nitrogens is 1. The Morgan fingerprint density at radius 1 is 1.10 bits per heavy atom. The zero-order chi connectivity index (χ0) is 15.1. The van der Waals surface area contributed by atoms with Gasteiger partial charge in [-0.15, -0.1) is 0 Å². The lowest BCUT2D eigenvalue weighted by molar-refractivity contribution is 0.237. The number of aryl methyl sites for hydroxylation is 1. The van der Waals surface area contributed by atoms with E-state index in [1.54, 1.807) is 0 Å². The molecule has 0 amide bonds. The number of rotatable bonds is 7. The minimum absolute atomic E-state index is 0.180. The number of nitrogens with zero attached hydrogens (tertiary/aromatic N) is 1. The van der Waals surface area contributed by atoms with E-state index in [9.17, 15) is 0 Å². The third-order valence-electron chi connectivity index (χ3n) is 3.42. The first-order valence-electron chi connectivity index (χ1n) is 7.53. The average Bonchev–Trinajstić information content (AvgIpc) is 2.50. The molecule has 0 bridgehead atoms. The van der Waals surface area contributed by atoms with Gasteiger partial charge in [0.15, 0.2) is 0 Å². The lowest BCUT2D eigenvalue weighted by Crippen LogP contribution is -2.19. The summed E-state index contributed by atoms with van der Waals surface area (Å²) in [4.78, 5) is 4.39. The molecule has 2 rings (SSSR count). The van der Waals surface area contributed by atoms with Gasteiger partial charge in [-0.25, -0.2) is 0 Å². The van der Waals surface area contributed by atoms with Crippen molar-refractivity contribution >= 4 is 0 Å². The summed E-state index contributed by atoms with van der Waals surface area (Å²) in [6, 6.07) is 14.6. The molecule has 1 unspecified atom stereocenters. The molecule has 0 radical (unpaired) electrons. The van der Waals surface area contributed by atoms with Crippen molar-refractivity contribution in [3.05, 3.63) is 59.9 Å². The number of hydrogen-bond donors (Lipinski definition) is 1. The van der Waals surface area contributed by atoms with Crippen molar-refractivity contribution in [2.45, 2.75) is 38.8 Å². The van der Waals surface area contributed by atoms with Crippen molar-refractivity contribution in [1.82, 2.24) is 10.3 Å². The molecule has 1 N–H and O–H groups in total. The van der Waals surface area contributed by atoms with E-state index in [1.807, 2.05) is 37.5 Å². The van der Waals surface area contributed by atoms with Gasteiger partial charge in [-0.3, -0.25) is 4.98 Å². The maximum absolute atomic E-state index is 5.92. The van der Waals surface area contributed by atoms with Crippen LogP contribution in [0.5, 0.6) is 5.75 Å². The van der Waals surface area contributed by atoms with Crippen LogP contribution in [0.4, 0.5) is 0 Å². The topological polar surface area (TPSA) is 34.2 Å². The average molecular weight is 284 g/mol. The zero-order valence-electron chi connectivity index (χ0n) is 13.0. The predicted molar refractivity (Wildman–Crippen MR) is 86.6 cm³/mol. The third kappa shape index (κ3) is 4.57. The number of benzene rings is 1. The Labute approximate surface area is 127 Å². The quantitative estimate of drug-likeness (QED) is 0.840. The van der Waals surface area contributed by atoms with Gasteiger partial charge in [0.25, 0.3) is 0 Å². The van der Waals surface area contributed by atoms with Gasteiger partial charge in [0.05, 0.1) is 6.10 Å². The maximum Gasteiger partial charge on any atom is 0.124 e. The summed E-state index contributed by atoms with van der Waals surface area (Å²) in [7, 11) is 2.00. The number of para-hydroxylation sites is 1. The van der Waals surface area contributed by atoms with Crippen LogP contribution in [0.3, 0.4) is 0 Å². The Morgan fingerprint density at radius 3 is 2.52 bits per heavy atom. The van der Waals surface area contributed by atoms with Crippen LogP contribution in [-0.4, -0.2) is 18.1 Å². The lowest BCUT2D eigenvalue weighted by atomic mass is 10.00. The minimum atomic E-state index is 0.180. The van der Waals surface area contributed by atoms with Crippen molar-refractivity contribution < 1.29 is 4.74 Å². The molecule has 3 nitrogen and oxygen atoms in total. The normalized spacial score (nSPS) is 12.4. The smallest absolute Gasteiger partial charge is 0.124 e. The minimum Gasteiger partial charge on any atom is -0.491 e. The first-order chi connectivity index (χ1) is 10.2. The Balaban J connectivity index is 2.10. The van der Waals surface area contributed by atoms with Crippen LogP contribution < -0.4 is 10.1 Å². The molecule has 3 heteroatoms. The molecule has 112 valence electrons. The molecule has 0 spiro atoms. The number of hydrogen-bond acceptors (Lipinski definition) is 3. The Hall–Kier alpha value is -1.87. The van der Waals surface area contributed by atoms with E-state index in [-0.39, 0.29) is 12.1 Å². The monoisotopic (exact) mass is 284 g/mol. The maximum atomic E-state index is 5.92. The van der Waals surface area contributed by atoms with Gasteiger partial charge in [-0.1, -0.05) is 24.3 Å². The van der Waals surface area contributed by atoms with Crippen molar-refractivity contribution in [2.75, 3.05) is 7.05 Å². The molecule has 0 saturated carbocycles. The fourth-order valence-corrected chi connectivity index (χ4v) is 2.42. The predicted octanol–water partition coefficient (Wildman–Crippen LogP) is 3.76. The first-order valence-corrected chi connectivity index (χ1v) is 7.53. The van der Waals surface area contributed by atoms with Crippen LogP contribution in [0.2, 0.25) is 0 Å². The Bertz CT molecular complexity index is 540. The van der Waals surface area contributed by atoms with Gasteiger partial charge in [-0.05, 0) is 51.9 Å². The molecule has 0 aliphatic rings. The molecule has 0 aliphatic carbocycles.